The molecule has 6 heteroatoms. The molecule has 28 heavy (non-hydrogen) atoms. The number of halogens is 1. The second kappa shape index (κ2) is 8.10. The predicted octanol–water partition coefficient (Wildman–Crippen LogP) is 4.42. The van der Waals surface area contributed by atoms with E-state index in [1.807, 2.05) is 39.0 Å². The van der Waals surface area contributed by atoms with Crippen molar-refractivity contribution in [1.82, 2.24) is 4.57 Å². The minimum Gasteiger partial charge on any atom is -0.457 e. The van der Waals surface area contributed by atoms with Crippen LogP contribution in [0.3, 0.4) is 0 Å². The summed E-state index contributed by atoms with van der Waals surface area (Å²) >= 11 is 5.93. The number of aryl methyl sites for hydroxylation is 1. The second-order valence-corrected chi connectivity index (χ2v) is 7.98. The summed E-state index contributed by atoms with van der Waals surface area (Å²) in [4.78, 5) is 25.4. The van der Waals surface area contributed by atoms with Crippen molar-refractivity contribution in [3.63, 3.8) is 0 Å². The summed E-state index contributed by atoms with van der Waals surface area (Å²) in [5, 5.41) is 0.626. The average molecular weight is 404 g/mol. The highest BCUT2D eigenvalue weighted by Gasteiger charge is 2.52. The first-order valence-corrected chi connectivity index (χ1v) is 9.82. The lowest BCUT2D eigenvalue weighted by atomic mass is 9.96. The van der Waals surface area contributed by atoms with E-state index in [0.29, 0.717) is 17.2 Å². The van der Waals surface area contributed by atoms with Gasteiger partial charge in [0.2, 0.25) is 5.78 Å². The molecule has 5 nitrogen and oxygen atoms in total. The van der Waals surface area contributed by atoms with Gasteiger partial charge >= 0.3 is 5.97 Å². The molecule has 1 saturated carbocycles. The van der Waals surface area contributed by atoms with Crippen LogP contribution in [0, 0.1) is 13.8 Å². The van der Waals surface area contributed by atoms with Crippen LogP contribution in [0.5, 0.6) is 0 Å². The number of ether oxygens (including phenoxy) is 2. The fourth-order valence-electron chi connectivity index (χ4n) is 3.90. The van der Waals surface area contributed by atoms with Crippen LogP contribution in [0.2, 0.25) is 5.02 Å². The SMILES string of the molecule is COC[C@@H](C)n1c(C)cc(C(=O)COC(=O)C2(c3ccc(Cl)cc3)CC2)c1C. The van der Waals surface area contributed by atoms with E-state index in [4.69, 9.17) is 21.1 Å². The van der Waals surface area contributed by atoms with Crippen LogP contribution in [-0.2, 0) is 19.7 Å². The molecule has 0 unspecified atom stereocenters. The Morgan fingerprint density at radius 2 is 1.86 bits per heavy atom. The van der Waals surface area contributed by atoms with Gasteiger partial charge in [0.25, 0.3) is 0 Å². The minimum absolute atomic E-state index is 0.119. The van der Waals surface area contributed by atoms with Crippen molar-refractivity contribution in [3.8, 4) is 0 Å². The first-order valence-electron chi connectivity index (χ1n) is 9.44. The Bertz CT molecular complexity index is 881. The molecular weight excluding hydrogens is 378 g/mol. The summed E-state index contributed by atoms with van der Waals surface area (Å²) in [5.41, 5.74) is 2.69. The molecular formula is C22H26ClNO4. The summed E-state index contributed by atoms with van der Waals surface area (Å²) in [5.74, 6) is -0.533. The summed E-state index contributed by atoms with van der Waals surface area (Å²) in [7, 11) is 1.66. The van der Waals surface area contributed by atoms with Gasteiger partial charge in [0, 0.05) is 29.1 Å². The Kier molecular flexibility index (Phi) is 5.96. The van der Waals surface area contributed by atoms with Crippen molar-refractivity contribution >= 4 is 23.4 Å². The zero-order valence-corrected chi connectivity index (χ0v) is 17.5. The molecule has 2 aromatic rings. The molecule has 1 atom stereocenters. The molecule has 0 radical (unpaired) electrons. The Morgan fingerprint density at radius 3 is 2.43 bits per heavy atom. The van der Waals surface area contributed by atoms with Gasteiger partial charge in [-0.1, -0.05) is 23.7 Å². The van der Waals surface area contributed by atoms with Gasteiger partial charge in [-0.05, 0) is 57.4 Å². The molecule has 1 aliphatic carbocycles. The maximum absolute atomic E-state index is 12.7. The molecule has 1 aliphatic rings. The number of benzene rings is 1. The largest absolute Gasteiger partial charge is 0.457 e. The van der Waals surface area contributed by atoms with Crippen LogP contribution < -0.4 is 0 Å². The van der Waals surface area contributed by atoms with Crippen molar-refractivity contribution in [2.45, 2.75) is 45.1 Å². The van der Waals surface area contributed by atoms with Gasteiger partial charge in [0.1, 0.15) is 0 Å². The van der Waals surface area contributed by atoms with Gasteiger partial charge in [0.05, 0.1) is 18.1 Å². The number of hydrogen-bond donors (Lipinski definition) is 0. The van der Waals surface area contributed by atoms with Crippen molar-refractivity contribution < 1.29 is 19.1 Å². The van der Waals surface area contributed by atoms with Crippen LogP contribution in [0.15, 0.2) is 30.3 Å². The number of esters is 1. The predicted molar refractivity (Wildman–Crippen MR) is 108 cm³/mol. The molecule has 0 spiro atoms. The lowest BCUT2D eigenvalue weighted by Crippen LogP contribution is -2.26. The van der Waals surface area contributed by atoms with Crippen molar-refractivity contribution in [3.05, 3.63) is 57.9 Å². The van der Waals surface area contributed by atoms with Crippen LogP contribution in [0.1, 0.15) is 53.1 Å². The summed E-state index contributed by atoms with van der Waals surface area (Å²) in [6.45, 7) is 6.21. The van der Waals surface area contributed by atoms with Crippen LogP contribution in [0.4, 0.5) is 0 Å². The van der Waals surface area contributed by atoms with E-state index in [1.54, 1.807) is 19.2 Å². The molecule has 1 aromatic heterocycles. The van der Waals surface area contributed by atoms with Crippen molar-refractivity contribution in [2.75, 3.05) is 20.3 Å². The molecule has 0 saturated heterocycles. The number of ketones is 1. The van der Waals surface area contributed by atoms with E-state index < -0.39 is 5.41 Å². The fourth-order valence-corrected chi connectivity index (χ4v) is 4.03. The number of nitrogens with zero attached hydrogens (tertiary/aromatic N) is 1. The van der Waals surface area contributed by atoms with Crippen LogP contribution in [-0.4, -0.2) is 36.6 Å². The van der Waals surface area contributed by atoms with E-state index in [2.05, 4.69) is 4.57 Å². The highest BCUT2D eigenvalue weighted by molar-refractivity contribution is 6.30. The van der Waals surface area contributed by atoms with Crippen LogP contribution in [0.25, 0.3) is 0 Å². The third-order valence-electron chi connectivity index (χ3n) is 5.51. The quantitative estimate of drug-likeness (QED) is 0.483. The maximum atomic E-state index is 12.7. The summed E-state index contributed by atoms with van der Waals surface area (Å²) in [6.07, 6.45) is 1.45. The standard InChI is InChI=1S/C22H26ClNO4/c1-14-11-19(16(3)24(14)15(2)12-27-4)20(25)13-28-21(26)22(9-10-22)17-5-7-18(23)8-6-17/h5-8,11,15H,9-10,12-13H2,1-4H3/t15-/m1/s1. The van der Waals surface area contributed by atoms with E-state index in [-0.39, 0.29) is 24.4 Å². The minimum atomic E-state index is -0.630. The summed E-state index contributed by atoms with van der Waals surface area (Å²) in [6, 6.07) is 9.21. The van der Waals surface area contributed by atoms with Crippen molar-refractivity contribution in [1.29, 1.82) is 0 Å². The highest BCUT2D eigenvalue weighted by Crippen LogP contribution is 2.49. The van der Waals surface area contributed by atoms with Gasteiger partial charge in [-0.15, -0.1) is 0 Å². The number of carbonyl (C=O) groups excluding carboxylic acids is 2. The first kappa shape index (κ1) is 20.6. The molecule has 0 N–H and O–H groups in total. The first-order chi connectivity index (χ1) is 13.3. The lowest BCUT2D eigenvalue weighted by Gasteiger charge is -2.18. The molecule has 1 heterocycles. The van der Waals surface area contributed by atoms with Crippen molar-refractivity contribution in [2.24, 2.45) is 0 Å². The van der Waals surface area contributed by atoms with Gasteiger partial charge < -0.3 is 14.0 Å². The molecule has 0 bridgehead atoms. The maximum Gasteiger partial charge on any atom is 0.317 e. The number of aromatic nitrogens is 1. The monoisotopic (exact) mass is 403 g/mol. The third kappa shape index (κ3) is 3.87. The Hall–Kier alpha value is -2.11. The van der Waals surface area contributed by atoms with E-state index >= 15 is 0 Å². The summed E-state index contributed by atoms with van der Waals surface area (Å²) < 4.78 is 12.7. The van der Waals surface area contributed by atoms with E-state index in [0.717, 1.165) is 29.8 Å². The average Bonchev–Trinajstić information content (AvgIpc) is 3.41. The zero-order chi connectivity index (χ0) is 20.5. The Labute approximate surface area is 170 Å². The second-order valence-electron chi connectivity index (χ2n) is 7.55. The number of hydrogen-bond acceptors (Lipinski definition) is 4. The van der Waals surface area contributed by atoms with Gasteiger partial charge in [0.15, 0.2) is 6.61 Å². The highest BCUT2D eigenvalue weighted by atomic mass is 35.5. The molecule has 1 aromatic carbocycles. The smallest absolute Gasteiger partial charge is 0.317 e. The molecule has 1 fully saturated rings. The van der Waals surface area contributed by atoms with Gasteiger partial charge in [-0.25, -0.2) is 0 Å². The fraction of sp³-hybridized carbons (Fsp3) is 0.455. The van der Waals surface area contributed by atoms with Crippen LogP contribution >= 0.6 is 11.6 Å². The topological polar surface area (TPSA) is 57.5 Å². The van der Waals surface area contributed by atoms with E-state index in [1.165, 1.54) is 0 Å². The normalized spacial score (nSPS) is 15.9. The Balaban J connectivity index is 1.68. The molecule has 0 aliphatic heterocycles. The lowest BCUT2D eigenvalue weighted by molar-refractivity contribution is -0.145. The third-order valence-corrected chi connectivity index (χ3v) is 5.76. The number of carbonyl (C=O) groups is 2. The zero-order valence-electron chi connectivity index (χ0n) is 16.8. The number of Topliss-reactive ketones (excluding diaryl/α,β-unsaturated/α-hetero) is 1. The molecule has 3 rings (SSSR count). The molecule has 0 amide bonds. The van der Waals surface area contributed by atoms with Gasteiger partial charge in [-0.3, -0.25) is 9.59 Å². The van der Waals surface area contributed by atoms with E-state index in [9.17, 15) is 9.59 Å². The van der Waals surface area contributed by atoms with Gasteiger partial charge in [-0.2, -0.15) is 0 Å². The molecule has 150 valence electrons. The number of methoxy groups -OCH3 is 1. The Morgan fingerprint density at radius 1 is 1.21 bits per heavy atom. The number of rotatable bonds is 8.